The van der Waals surface area contributed by atoms with Crippen LogP contribution in [0, 0.1) is 11.8 Å². The van der Waals surface area contributed by atoms with Gasteiger partial charge < -0.3 is 5.73 Å². The SMILES string of the molecule is CCCC1CCC(CN)C(c2cccc(CC)c2)C1. The van der Waals surface area contributed by atoms with Crippen molar-refractivity contribution in [3.05, 3.63) is 35.4 Å². The Morgan fingerprint density at radius 3 is 2.74 bits per heavy atom. The first-order chi connectivity index (χ1) is 9.28. The van der Waals surface area contributed by atoms with Crippen LogP contribution >= 0.6 is 0 Å². The molecule has 1 saturated carbocycles. The molecule has 0 aromatic heterocycles. The first-order valence-electron chi connectivity index (χ1n) is 8.07. The van der Waals surface area contributed by atoms with Crippen LogP contribution in [-0.4, -0.2) is 6.54 Å². The Morgan fingerprint density at radius 1 is 1.21 bits per heavy atom. The Bertz CT molecular complexity index is 385. The van der Waals surface area contributed by atoms with Crippen molar-refractivity contribution in [1.29, 1.82) is 0 Å². The molecule has 0 saturated heterocycles. The quantitative estimate of drug-likeness (QED) is 0.827. The van der Waals surface area contributed by atoms with Crippen LogP contribution in [0.15, 0.2) is 24.3 Å². The average Bonchev–Trinajstić information content (AvgIpc) is 2.47. The Balaban J connectivity index is 2.16. The standard InChI is InChI=1S/C18H29N/c1-3-6-15-9-10-17(13-19)18(12-15)16-8-5-7-14(4-2)11-16/h5,7-8,11,15,17-18H,3-4,6,9-10,12-13,19H2,1-2H3. The largest absolute Gasteiger partial charge is 0.330 e. The van der Waals surface area contributed by atoms with Crippen LogP contribution < -0.4 is 5.73 Å². The van der Waals surface area contributed by atoms with Crippen molar-refractivity contribution in [2.24, 2.45) is 17.6 Å². The van der Waals surface area contributed by atoms with Gasteiger partial charge >= 0.3 is 0 Å². The van der Waals surface area contributed by atoms with E-state index in [0.29, 0.717) is 11.8 Å². The molecular formula is C18H29N. The Kier molecular flexibility index (Phi) is 5.45. The summed E-state index contributed by atoms with van der Waals surface area (Å²) in [6.45, 7) is 5.39. The van der Waals surface area contributed by atoms with Gasteiger partial charge in [0.1, 0.15) is 0 Å². The van der Waals surface area contributed by atoms with E-state index in [1.807, 2.05) is 0 Å². The van der Waals surface area contributed by atoms with Crippen LogP contribution in [0.2, 0.25) is 0 Å². The maximum absolute atomic E-state index is 6.02. The van der Waals surface area contributed by atoms with E-state index in [-0.39, 0.29) is 0 Å². The molecule has 3 unspecified atom stereocenters. The lowest BCUT2D eigenvalue weighted by molar-refractivity contribution is 0.230. The van der Waals surface area contributed by atoms with Gasteiger partial charge in [-0.15, -0.1) is 0 Å². The maximum atomic E-state index is 6.02. The fraction of sp³-hybridized carbons (Fsp3) is 0.667. The van der Waals surface area contributed by atoms with Crippen molar-refractivity contribution in [3.63, 3.8) is 0 Å². The zero-order valence-electron chi connectivity index (χ0n) is 12.6. The Morgan fingerprint density at radius 2 is 2.05 bits per heavy atom. The van der Waals surface area contributed by atoms with Gasteiger partial charge in [-0.1, -0.05) is 57.4 Å². The minimum Gasteiger partial charge on any atom is -0.330 e. The van der Waals surface area contributed by atoms with E-state index in [0.717, 1.165) is 18.9 Å². The number of aryl methyl sites for hydroxylation is 1. The van der Waals surface area contributed by atoms with E-state index in [9.17, 15) is 0 Å². The molecule has 3 atom stereocenters. The van der Waals surface area contributed by atoms with Crippen molar-refractivity contribution in [3.8, 4) is 0 Å². The lowest BCUT2D eigenvalue weighted by Crippen LogP contribution is -2.29. The molecule has 1 aromatic carbocycles. The fourth-order valence-corrected chi connectivity index (χ4v) is 3.72. The smallest absolute Gasteiger partial charge is 0.00430 e. The molecule has 2 rings (SSSR count). The Hall–Kier alpha value is -0.820. The summed E-state index contributed by atoms with van der Waals surface area (Å²) >= 11 is 0. The van der Waals surface area contributed by atoms with E-state index in [4.69, 9.17) is 5.73 Å². The third-order valence-corrected chi connectivity index (χ3v) is 4.89. The second-order valence-electron chi connectivity index (χ2n) is 6.17. The summed E-state index contributed by atoms with van der Waals surface area (Å²) in [4.78, 5) is 0. The van der Waals surface area contributed by atoms with Gasteiger partial charge in [0.05, 0.1) is 0 Å². The van der Waals surface area contributed by atoms with E-state index < -0.39 is 0 Å². The summed E-state index contributed by atoms with van der Waals surface area (Å²) in [5.41, 5.74) is 9.02. The van der Waals surface area contributed by atoms with E-state index in [2.05, 4.69) is 38.1 Å². The van der Waals surface area contributed by atoms with Gasteiger partial charge in [0, 0.05) is 0 Å². The molecule has 0 bridgehead atoms. The summed E-state index contributed by atoms with van der Waals surface area (Å²) in [6.07, 6.45) is 7.90. The lowest BCUT2D eigenvalue weighted by Gasteiger charge is -2.36. The third-order valence-electron chi connectivity index (χ3n) is 4.89. The van der Waals surface area contributed by atoms with Crippen molar-refractivity contribution >= 4 is 0 Å². The van der Waals surface area contributed by atoms with E-state index in [1.165, 1.54) is 43.2 Å². The van der Waals surface area contributed by atoms with Gasteiger partial charge in [0.15, 0.2) is 0 Å². The second-order valence-corrected chi connectivity index (χ2v) is 6.17. The first-order valence-corrected chi connectivity index (χ1v) is 8.07. The third kappa shape index (κ3) is 3.60. The summed E-state index contributed by atoms with van der Waals surface area (Å²) in [7, 11) is 0. The van der Waals surface area contributed by atoms with Gasteiger partial charge in [-0.05, 0) is 54.7 Å². The summed E-state index contributed by atoms with van der Waals surface area (Å²) in [5, 5.41) is 0. The normalized spacial score (nSPS) is 27.4. The molecule has 1 aliphatic rings. The lowest BCUT2D eigenvalue weighted by atomic mass is 9.70. The van der Waals surface area contributed by atoms with Crippen LogP contribution in [0.25, 0.3) is 0 Å². The molecule has 0 spiro atoms. The fourth-order valence-electron chi connectivity index (χ4n) is 3.72. The number of hydrogen-bond acceptors (Lipinski definition) is 1. The number of hydrogen-bond donors (Lipinski definition) is 1. The second kappa shape index (κ2) is 7.09. The predicted octanol–water partition coefficient (Wildman–Crippen LogP) is 4.51. The zero-order valence-corrected chi connectivity index (χ0v) is 12.6. The van der Waals surface area contributed by atoms with Gasteiger partial charge in [0.2, 0.25) is 0 Å². The van der Waals surface area contributed by atoms with Crippen molar-refractivity contribution in [2.75, 3.05) is 6.54 Å². The van der Waals surface area contributed by atoms with Crippen LogP contribution in [0.5, 0.6) is 0 Å². The molecule has 0 radical (unpaired) electrons. The van der Waals surface area contributed by atoms with Crippen LogP contribution in [0.3, 0.4) is 0 Å². The van der Waals surface area contributed by atoms with Gasteiger partial charge in [-0.2, -0.15) is 0 Å². The highest BCUT2D eigenvalue weighted by Gasteiger charge is 2.30. The molecule has 0 aliphatic heterocycles. The summed E-state index contributed by atoms with van der Waals surface area (Å²) in [5.74, 6) is 2.31. The predicted molar refractivity (Wildman–Crippen MR) is 83.4 cm³/mol. The minimum absolute atomic E-state index is 0.695. The molecule has 2 N–H and O–H groups in total. The van der Waals surface area contributed by atoms with Crippen LogP contribution in [-0.2, 0) is 6.42 Å². The molecule has 0 heterocycles. The Labute approximate surface area is 118 Å². The molecule has 1 nitrogen and oxygen atoms in total. The van der Waals surface area contributed by atoms with Gasteiger partial charge in [0.25, 0.3) is 0 Å². The number of rotatable bonds is 5. The summed E-state index contributed by atoms with van der Waals surface area (Å²) < 4.78 is 0. The molecular weight excluding hydrogens is 230 g/mol. The molecule has 0 amide bonds. The van der Waals surface area contributed by atoms with Crippen molar-refractivity contribution in [1.82, 2.24) is 0 Å². The number of benzene rings is 1. The van der Waals surface area contributed by atoms with E-state index >= 15 is 0 Å². The topological polar surface area (TPSA) is 26.0 Å². The molecule has 1 fully saturated rings. The molecule has 106 valence electrons. The minimum atomic E-state index is 0.695. The zero-order chi connectivity index (χ0) is 13.7. The maximum Gasteiger partial charge on any atom is -0.00430 e. The molecule has 1 aliphatic carbocycles. The van der Waals surface area contributed by atoms with Gasteiger partial charge in [-0.3, -0.25) is 0 Å². The first kappa shape index (κ1) is 14.6. The van der Waals surface area contributed by atoms with Crippen LogP contribution in [0.1, 0.15) is 63.0 Å². The van der Waals surface area contributed by atoms with Crippen molar-refractivity contribution < 1.29 is 0 Å². The monoisotopic (exact) mass is 259 g/mol. The number of nitrogens with two attached hydrogens (primary N) is 1. The van der Waals surface area contributed by atoms with E-state index in [1.54, 1.807) is 0 Å². The highest BCUT2D eigenvalue weighted by atomic mass is 14.6. The van der Waals surface area contributed by atoms with Gasteiger partial charge in [-0.25, -0.2) is 0 Å². The van der Waals surface area contributed by atoms with Crippen LogP contribution in [0.4, 0.5) is 0 Å². The highest BCUT2D eigenvalue weighted by Crippen LogP contribution is 2.41. The highest BCUT2D eigenvalue weighted by molar-refractivity contribution is 5.27. The molecule has 1 heteroatoms. The van der Waals surface area contributed by atoms with Crippen molar-refractivity contribution in [2.45, 2.75) is 58.3 Å². The summed E-state index contributed by atoms with van der Waals surface area (Å²) in [6, 6.07) is 9.21. The molecule has 1 aromatic rings. The average molecular weight is 259 g/mol. The molecule has 19 heavy (non-hydrogen) atoms.